The van der Waals surface area contributed by atoms with Crippen LogP contribution in [0.2, 0.25) is 0 Å². The highest BCUT2D eigenvalue weighted by Gasteiger charge is 2.16. The lowest BCUT2D eigenvalue weighted by Crippen LogP contribution is -2.05. The van der Waals surface area contributed by atoms with Crippen LogP contribution in [0.3, 0.4) is 0 Å². The summed E-state index contributed by atoms with van der Waals surface area (Å²) < 4.78 is 2.04. The zero-order valence-corrected chi connectivity index (χ0v) is 14.0. The molecule has 0 saturated heterocycles. The fraction of sp³-hybridized carbons (Fsp3) is 0.333. The molecule has 1 aromatic carbocycles. The summed E-state index contributed by atoms with van der Waals surface area (Å²) >= 11 is 0. The van der Waals surface area contributed by atoms with E-state index in [-0.39, 0.29) is 6.61 Å². The van der Waals surface area contributed by atoms with Gasteiger partial charge in [-0.15, -0.1) is 0 Å². The normalized spacial score (nSPS) is 11.2. The molecular formula is C18H22N4O. The number of nitrogens with one attached hydrogen (secondary N) is 1. The fourth-order valence-electron chi connectivity index (χ4n) is 2.89. The summed E-state index contributed by atoms with van der Waals surface area (Å²) in [6, 6.07) is 6.28. The van der Waals surface area contributed by atoms with Crippen molar-refractivity contribution in [1.29, 1.82) is 0 Å². The minimum Gasteiger partial charge on any atom is -0.395 e. The summed E-state index contributed by atoms with van der Waals surface area (Å²) in [7, 11) is 0. The molecule has 0 saturated carbocycles. The minimum absolute atomic E-state index is 0.0913. The summed E-state index contributed by atoms with van der Waals surface area (Å²) in [6.45, 7) is 8.95. The molecule has 0 spiro atoms. The van der Waals surface area contributed by atoms with Gasteiger partial charge < -0.3 is 15.0 Å². The lowest BCUT2D eigenvalue weighted by Gasteiger charge is -2.09. The molecule has 0 amide bonds. The van der Waals surface area contributed by atoms with Gasteiger partial charge in [-0.3, -0.25) is 0 Å². The number of aliphatic hydroxyl groups excluding tert-OH is 1. The molecule has 3 aromatic rings. The van der Waals surface area contributed by atoms with Gasteiger partial charge in [0.15, 0.2) is 0 Å². The second-order valence-corrected chi connectivity index (χ2v) is 5.93. The molecule has 2 aromatic heterocycles. The summed E-state index contributed by atoms with van der Waals surface area (Å²) in [5.74, 6) is 0.801. The van der Waals surface area contributed by atoms with Crippen molar-refractivity contribution in [3.8, 4) is 0 Å². The number of aryl methyl sites for hydroxylation is 3. The molecular weight excluding hydrogens is 288 g/mol. The monoisotopic (exact) mass is 310 g/mol. The van der Waals surface area contributed by atoms with Crippen LogP contribution in [0.4, 0.5) is 11.5 Å². The highest BCUT2D eigenvalue weighted by Crippen LogP contribution is 2.30. The third kappa shape index (κ3) is 2.68. The van der Waals surface area contributed by atoms with Crippen LogP contribution in [0, 0.1) is 27.7 Å². The number of benzene rings is 1. The Labute approximate surface area is 136 Å². The Bertz CT molecular complexity index is 867. The van der Waals surface area contributed by atoms with Gasteiger partial charge in [-0.2, -0.15) is 0 Å². The van der Waals surface area contributed by atoms with Crippen LogP contribution < -0.4 is 5.32 Å². The first kappa shape index (κ1) is 15.5. The van der Waals surface area contributed by atoms with Crippen molar-refractivity contribution in [3.05, 3.63) is 46.9 Å². The van der Waals surface area contributed by atoms with Gasteiger partial charge >= 0.3 is 0 Å². The first-order valence-electron chi connectivity index (χ1n) is 7.78. The van der Waals surface area contributed by atoms with E-state index in [1.54, 1.807) is 6.33 Å². The number of rotatable bonds is 4. The van der Waals surface area contributed by atoms with Crippen LogP contribution in [-0.2, 0) is 6.54 Å². The summed E-state index contributed by atoms with van der Waals surface area (Å²) in [5.41, 5.74) is 6.63. The molecule has 3 rings (SSSR count). The van der Waals surface area contributed by atoms with Crippen LogP contribution in [-0.4, -0.2) is 26.2 Å². The van der Waals surface area contributed by atoms with Gasteiger partial charge in [0.2, 0.25) is 0 Å². The molecule has 0 fully saturated rings. The van der Waals surface area contributed by atoms with Crippen molar-refractivity contribution < 1.29 is 5.11 Å². The standard InChI is InChI=1S/C18H22N4O/c1-11-5-6-15(9-12(11)2)21-17-16-13(3)14(4)22(7-8-23)18(16)20-10-19-17/h5-6,9-10,23H,7-8H2,1-4H3,(H,19,20,21). The SMILES string of the molecule is Cc1ccc(Nc2ncnc3c2c(C)c(C)n3CCO)cc1C. The molecule has 23 heavy (non-hydrogen) atoms. The van der Waals surface area contributed by atoms with Crippen LogP contribution in [0.5, 0.6) is 0 Å². The zero-order chi connectivity index (χ0) is 16.6. The number of fused-ring (bicyclic) bond motifs is 1. The topological polar surface area (TPSA) is 63.0 Å². The molecule has 0 atom stereocenters. The van der Waals surface area contributed by atoms with Crippen molar-refractivity contribution >= 4 is 22.5 Å². The van der Waals surface area contributed by atoms with E-state index in [9.17, 15) is 5.11 Å². The zero-order valence-electron chi connectivity index (χ0n) is 14.0. The van der Waals surface area contributed by atoms with Gasteiger partial charge in [0, 0.05) is 17.9 Å². The number of aromatic nitrogens is 3. The molecule has 0 aliphatic carbocycles. The van der Waals surface area contributed by atoms with Crippen molar-refractivity contribution in [2.45, 2.75) is 34.2 Å². The molecule has 0 unspecified atom stereocenters. The number of aliphatic hydroxyl groups is 1. The Morgan fingerprint density at radius 2 is 1.87 bits per heavy atom. The van der Waals surface area contributed by atoms with Crippen LogP contribution in [0.1, 0.15) is 22.4 Å². The average Bonchev–Trinajstić information content (AvgIpc) is 2.77. The Kier molecular flexibility index (Phi) is 4.05. The lowest BCUT2D eigenvalue weighted by molar-refractivity contribution is 0.276. The maximum absolute atomic E-state index is 9.29. The van der Waals surface area contributed by atoms with Crippen molar-refractivity contribution in [2.75, 3.05) is 11.9 Å². The van der Waals surface area contributed by atoms with E-state index in [1.165, 1.54) is 11.1 Å². The number of hydrogen-bond acceptors (Lipinski definition) is 4. The number of anilines is 2. The third-order valence-corrected chi connectivity index (χ3v) is 4.50. The second kappa shape index (κ2) is 6.01. The molecule has 0 radical (unpaired) electrons. The van der Waals surface area contributed by atoms with Crippen molar-refractivity contribution in [3.63, 3.8) is 0 Å². The van der Waals surface area contributed by atoms with E-state index < -0.39 is 0 Å². The fourth-order valence-corrected chi connectivity index (χ4v) is 2.89. The van der Waals surface area contributed by atoms with E-state index in [1.807, 2.05) is 11.5 Å². The van der Waals surface area contributed by atoms with E-state index in [0.717, 1.165) is 33.8 Å². The maximum Gasteiger partial charge on any atom is 0.146 e. The summed E-state index contributed by atoms with van der Waals surface area (Å²) in [4.78, 5) is 8.85. The summed E-state index contributed by atoms with van der Waals surface area (Å²) in [6.07, 6.45) is 1.57. The first-order valence-corrected chi connectivity index (χ1v) is 7.78. The third-order valence-electron chi connectivity index (χ3n) is 4.50. The average molecular weight is 310 g/mol. The molecule has 2 N–H and O–H groups in total. The van der Waals surface area contributed by atoms with Gasteiger partial charge in [0.1, 0.15) is 17.8 Å². The largest absolute Gasteiger partial charge is 0.395 e. The molecule has 120 valence electrons. The smallest absolute Gasteiger partial charge is 0.146 e. The highest BCUT2D eigenvalue weighted by atomic mass is 16.3. The van der Waals surface area contributed by atoms with Crippen LogP contribution >= 0.6 is 0 Å². The highest BCUT2D eigenvalue weighted by molar-refractivity contribution is 5.93. The van der Waals surface area contributed by atoms with E-state index in [4.69, 9.17) is 0 Å². The minimum atomic E-state index is 0.0913. The Morgan fingerprint density at radius 3 is 2.57 bits per heavy atom. The van der Waals surface area contributed by atoms with Gasteiger partial charge in [0.05, 0.1) is 12.0 Å². The van der Waals surface area contributed by atoms with E-state index >= 15 is 0 Å². The van der Waals surface area contributed by atoms with Gasteiger partial charge in [0.25, 0.3) is 0 Å². The Hall–Kier alpha value is -2.40. The Morgan fingerprint density at radius 1 is 1.09 bits per heavy atom. The lowest BCUT2D eigenvalue weighted by atomic mass is 10.1. The predicted molar refractivity (Wildman–Crippen MR) is 93.3 cm³/mol. The summed E-state index contributed by atoms with van der Waals surface area (Å²) in [5, 5.41) is 13.7. The maximum atomic E-state index is 9.29. The molecule has 0 aliphatic rings. The second-order valence-electron chi connectivity index (χ2n) is 5.93. The number of nitrogens with zero attached hydrogens (tertiary/aromatic N) is 3. The van der Waals surface area contributed by atoms with Gasteiger partial charge in [-0.25, -0.2) is 9.97 Å². The van der Waals surface area contributed by atoms with Crippen LogP contribution in [0.25, 0.3) is 11.0 Å². The van der Waals surface area contributed by atoms with E-state index in [0.29, 0.717) is 6.54 Å². The molecule has 2 heterocycles. The number of hydrogen-bond donors (Lipinski definition) is 2. The molecule has 5 heteroatoms. The van der Waals surface area contributed by atoms with Crippen molar-refractivity contribution in [2.24, 2.45) is 0 Å². The molecule has 5 nitrogen and oxygen atoms in total. The van der Waals surface area contributed by atoms with Crippen molar-refractivity contribution in [1.82, 2.24) is 14.5 Å². The van der Waals surface area contributed by atoms with Gasteiger partial charge in [-0.1, -0.05) is 6.07 Å². The Balaban J connectivity index is 2.11. The first-order chi connectivity index (χ1) is 11.0. The molecule has 0 aliphatic heterocycles. The van der Waals surface area contributed by atoms with Gasteiger partial charge in [-0.05, 0) is 56.5 Å². The predicted octanol–water partition coefficient (Wildman–Crippen LogP) is 3.40. The van der Waals surface area contributed by atoms with Crippen LogP contribution in [0.15, 0.2) is 24.5 Å². The van der Waals surface area contributed by atoms with E-state index in [2.05, 4.69) is 54.3 Å². The molecule has 0 bridgehead atoms. The quantitative estimate of drug-likeness (QED) is 0.775.